The van der Waals surface area contributed by atoms with Gasteiger partial charge in [0.2, 0.25) is 5.96 Å². The summed E-state index contributed by atoms with van der Waals surface area (Å²) >= 11 is 0. The summed E-state index contributed by atoms with van der Waals surface area (Å²) in [5.74, 6) is -1.42. The second-order valence-electron chi connectivity index (χ2n) is 11.2. The summed E-state index contributed by atoms with van der Waals surface area (Å²) in [5, 5.41) is 18.7. The first-order valence-electron chi connectivity index (χ1n) is 13.9. The first kappa shape index (κ1) is 32.7. The number of allylic oxidation sites excluding steroid dienone is 1. The summed E-state index contributed by atoms with van der Waals surface area (Å²) < 4.78 is 46.4. The van der Waals surface area contributed by atoms with Gasteiger partial charge in [-0.2, -0.15) is 18.4 Å². The van der Waals surface area contributed by atoms with Gasteiger partial charge in [0.1, 0.15) is 12.6 Å². The lowest BCUT2D eigenvalue weighted by atomic mass is 9.87. The minimum atomic E-state index is -4.68. The van der Waals surface area contributed by atoms with Crippen LogP contribution in [0.25, 0.3) is 0 Å². The van der Waals surface area contributed by atoms with Crippen molar-refractivity contribution in [1.82, 2.24) is 9.88 Å². The summed E-state index contributed by atoms with van der Waals surface area (Å²) in [4.78, 5) is 32.7. The number of nitrogens with zero attached hydrogens (tertiary/aromatic N) is 5. The van der Waals surface area contributed by atoms with Crippen LogP contribution in [0.1, 0.15) is 40.9 Å². The average Bonchev–Trinajstić information content (AvgIpc) is 2.99. The highest BCUT2D eigenvalue weighted by molar-refractivity contribution is 6.10. The molecular weight excluding hydrogens is 587 g/mol. The predicted molar refractivity (Wildman–Crippen MR) is 160 cm³/mol. The van der Waals surface area contributed by atoms with Gasteiger partial charge in [0.05, 0.1) is 56.2 Å². The number of hydrogen-bond acceptors (Lipinski definition) is 6. The Morgan fingerprint density at radius 3 is 2.47 bits per heavy atom. The van der Waals surface area contributed by atoms with Crippen LogP contribution >= 0.6 is 0 Å². The average molecular weight is 621 g/mol. The molecule has 0 fully saturated rings. The van der Waals surface area contributed by atoms with Crippen molar-refractivity contribution in [3.8, 4) is 6.07 Å². The molecule has 234 valence electrons. The van der Waals surface area contributed by atoms with Gasteiger partial charge in [-0.25, -0.2) is 9.59 Å². The van der Waals surface area contributed by atoms with E-state index in [9.17, 15) is 28.0 Å². The molecule has 0 saturated heterocycles. The van der Waals surface area contributed by atoms with Gasteiger partial charge in [-0.3, -0.25) is 20.2 Å². The molecule has 10 nitrogen and oxygen atoms in total. The van der Waals surface area contributed by atoms with E-state index in [1.54, 1.807) is 18.3 Å². The number of halogens is 3. The van der Waals surface area contributed by atoms with Crippen molar-refractivity contribution in [2.45, 2.75) is 32.1 Å². The number of nitriles is 1. The number of carbonyl (C=O) groups is 2. The first-order valence-corrected chi connectivity index (χ1v) is 13.9. The van der Waals surface area contributed by atoms with E-state index in [-0.39, 0.29) is 17.0 Å². The zero-order valence-corrected chi connectivity index (χ0v) is 25.2. The maximum Gasteiger partial charge on any atom is 0.416 e. The number of primary amides is 1. The number of pyridine rings is 1. The molecule has 2 heterocycles. The fraction of sp³-hybridized carbons (Fsp3) is 0.281. The van der Waals surface area contributed by atoms with Crippen molar-refractivity contribution in [1.29, 1.82) is 10.7 Å². The van der Waals surface area contributed by atoms with E-state index in [0.717, 1.165) is 34.7 Å². The van der Waals surface area contributed by atoms with Crippen molar-refractivity contribution in [3.63, 3.8) is 0 Å². The van der Waals surface area contributed by atoms with Crippen molar-refractivity contribution >= 4 is 23.6 Å². The maximum atomic E-state index is 13.6. The molecule has 13 heteroatoms. The predicted octanol–water partition coefficient (Wildman–Crippen LogP) is 5.11. The number of rotatable bonds is 8. The van der Waals surface area contributed by atoms with Crippen molar-refractivity contribution in [2.75, 3.05) is 32.6 Å². The van der Waals surface area contributed by atoms with Gasteiger partial charge >= 0.3 is 18.2 Å². The first-order chi connectivity index (χ1) is 21.2. The molecule has 4 rings (SSSR count). The number of esters is 1. The van der Waals surface area contributed by atoms with Gasteiger partial charge in [-0.15, -0.1) is 0 Å². The fourth-order valence-corrected chi connectivity index (χ4v) is 5.46. The van der Waals surface area contributed by atoms with Crippen LogP contribution in [0.4, 0.5) is 23.7 Å². The molecule has 1 unspecified atom stereocenters. The number of methoxy groups -OCH3 is 1. The van der Waals surface area contributed by atoms with Gasteiger partial charge in [0.15, 0.2) is 0 Å². The summed E-state index contributed by atoms with van der Waals surface area (Å²) in [6.07, 6.45) is -2.57. The minimum Gasteiger partial charge on any atom is -0.466 e. The van der Waals surface area contributed by atoms with Crippen LogP contribution in [0, 0.1) is 16.7 Å². The molecule has 0 bridgehead atoms. The highest BCUT2D eigenvalue weighted by atomic mass is 19.4. The Hall–Kier alpha value is -5.22. The largest absolute Gasteiger partial charge is 0.466 e. The summed E-state index contributed by atoms with van der Waals surface area (Å²) in [7, 11) is 5.18. The van der Waals surface area contributed by atoms with Gasteiger partial charge in [0.25, 0.3) is 0 Å². The minimum absolute atomic E-state index is 0.0789. The van der Waals surface area contributed by atoms with Crippen molar-refractivity contribution < 1.29 is 32.0 Å². The van der Waals surface area contributed by atoms with E-state index >= 15 is 0 Å². The third-order valence-corrected chi connectivity index (χ3v) is 7.64. The summed E-state index contributed by atoms with van der Waals surface area (Å²) in [5.41, 5.74) is 6.97. The molecule has 0 aliphatic carbocycles. The molecule has 0 radical (unpaired) electrons. The normalized spacial score (nSPS) is 15.6. The number of hydrogen-bond donors (Lipinski definition) is 2. The van der Waals surface area contributed by atoms with Crippen LogP contribution < -0.4 is 10.6 Å². The van der Waals surface area contributed by atoms with Crippen LogP contribution in [0.2, 0.25) is 0 Å². The van der Waals surface area contributed by atoms with Crippen molar-refractivity contribution in [2.24, 2.45) is 5.73 Å². The number of likely N-dealkylation sites (N-methyl/N-ethyl adjacent to an activating group) is 1. The molecule has 1 aliphatic rings. The number of urea groups is 1. The molecule has 0 spiro atoms. The van der Waals surface area contributed by atoms with Gasteiger partial charge < -0.3 is 15.0 Å². The number of ether oxygens (including phenoxy) is 1. The van der Waals surface area contributed by atoms with Gasteiger partial charge in [-0.05, 0) is 60.5 Å². The van der Waals surface area contributed by atoms with Crippen molar-refractivity contribution in [3.05, 3.63) is 106 Å². The Balaban J connectivity index is 1.86. The SMILES string of the molecule is COC(=O)C1=C(C)N(c2cccc(C(F)(F)F)c2)C(=N)N(C(N)=O)C1c1ccc(C#N)cc1CC[N+](C)(C)Cc1ccccn1. The molecule has 2 amide bonds. The zero-order valence-electron chi connectivity index (χ0n) is 25.2. The molecule has 3 N–H and O–H groups in total. The maximum absolute atomic E-state index is 13.6. The van der Waals surface area contributed by atoms with Crippen LogP contribution in [0.3, 0.4) is 0 Å². The molecule has 45 heavy (non-hydrogen) atoms. The second-order valence-corrected chi connectivity index (χ2v) is 11.2. The van der Waals surface area contributed by atoms with Gasteiger partial charge in [-0.1, -0.05) is 18.2 Å². The number of benzene rings is 2. The van der Waals surface area contributed by atoms with Crippen LogP contribution in [-0.2, 0) is 28.7 Å². The summed E-state index contributed by atoms with van der Waals surface area (Å²) in [6, 6.07) is 14.4. The number of aromatic nitrogens is 1. The number of nitrogens with two attached hydrogens (primary N) is 1. The van der Waals surface area contributed by atoms with Crippen LogP contribution in [-0.4, -0.2) is 60.1 Å². The number of carbonyl (C=O) groups excluding carboxylic acids is 2. The molecule has 1 aromatic heterocycles. The Labute approximate surface area is 258 Å². The van der Waals surface area contributed by atoms with E-state index in [1.807, 2.05) is 32.3 Å². The summed E-state index contributed by atoms with van der Waals surface area (Å²) in [6.45, 7) is 2.63. The fourth-order valence-electron chi connectivity index (χ4n) is 5.46. The number of quaternary nitrogens is 1. The molecule has 0 saturated carbocycles. The smallest absolute Gasteiger partial charge is 0.416 e. The second kappa shape index (κ2) is 12.8. The Morgan fingerprint density at radius 1 is 1.13 bits per heavy atom. The standard InChI is InChI=1S/C32H32F3N7O3/c1-20-27(29(43)45-4)28(41(31(38)44)30(37)40(20)25-10-7-8-23(17-25)32(33,34)35)26-12-11-21(18-36)16-22(26)13-15-42(2,3)19-24-9-5-6-14-39-24/h5-12,14,16-17,28,37H,13,15,19H2,1-4H3,(H-,38,44)/p+1. The van der Waals surface area contributed by atoms with E-state index in [0.29, 0.717) is 40.7 Å². The molecule has 1 atom stereocenters. The lowest BCUT2D eigenvalue weighted by molar-refractivity contribution is -0.903. The third kappa shape index (κ3) is 6.97. The number of anilines is 1. The van der Waals surface area contributed by atoms with E-state index in [1.165, 1.54) is 25.1 Å². The van der Waals surface area contributed by atoms with E-state index in [4.69, 9.17) is 15.9 Å². The zero-order chi connectivity index (χ0) is 33.1. The number of nitrogens with one attached hydrogen (secondary N) is 1. The lowest BCUT2D eigenvalue weighted by Crippen LogP contribution is -2.55. The third-order valence-electron chi connectivity index (χ3n) is 7.64. The van der Waals surface area contributed by atoms with Crippen LogP contribution in [0.5, 0.6) is 0 Å². The molecule has 3 aromatic rings. The van der Waals surface area contributed by atoms with Crippen LogP contribution in [0.15, 0.2) is 78.1 Å². The quantitative estimate of drug-likeness (QED) is 0.265. The highest BCUT2D eigenvalue weighted by Crippen LogP contribution is 2.42. The molecule has 2 aromatic carbocycles. The molecule has 1 aliphatic heterocycles. The van der Waals surface area contributed by atoms with E-state index < -0.39 is 35.7 Å². The Bertz CT molecular complexity index is 1700. The Kier molecular flexibility index (Phi) is 9.29. The topological polar surface area (TPSA) is 136 Å². The highest BCUT2D eigenvalue weighted by Gasteiger charge is 2.44. The number of alkyl halides is 3. The monoisotopic (exact) mass is 620 g/mol. The van der Waals surface area contributed by atoms with Gasteiger partial charge in [0, 0.05) is 24.0 Å². The number of amides is 2. The number of guanidine groups is 1. The molecular formula is C32H33F3N7O3+. The lowest BCUT2D eigenvalue weighted by Gasteiger charge is -2.43. The Morgan fingerprint density at radius 2 is 1.87 bits per heavy atom. The van der Waals surface area contributed by atoms with E-state index in [2.05, 4.69) is 11.1 Å².